The largest absolute Gasteiger partial charge is 0.493 e. The van der Waals surface area contributed by atoms with E-state index in [1.807, 2.05) is 0 Å². The molecule has 0 spiro atoms. The van der Waals surface area contributed by atoms with Crippen LogP contribution >= 0.6 is 0 Å². The highest BCUT2D eigenvalue weighted by atomic mass is 19.1. The van der Waals surface area contributed by atoms with Gasteiger partial charge >= 0.3 is 5.97 Å². The van der Waals surface area contributed by atoms with E-state index in [1.54, 1.807) is 13.8 Å². The van der Waals surface area contributed by atoms with Gasteiger partial charge in [-0.25, -0.2) is 9.18 Å². The molecule has 0 N–H and O–H groups in total. The fourth-order valence-electron chi connectivity index (χ4n) is 1.39. The Morgan fingerprint density at radius 2 is 2.00 bits per heavy atom. The molecule has 0 amide bonds. The molecule has 1 aromatic rings. The molecule has 4 heteroatoms. The van der Waals surface area contributed by atoms with Gasteiger partial charge < -0.3 is 9.47 Å². The molecule has 0 atom stereocenters. The number of halogens is 1. The summed E-state index contributed by atoms with van der Waals surface area (Å²) in [6.07, 6.45) is 0. The van der Waals surface area contributed by atoms with E-state index in [-0.39, 0.29) is 17.7 Å². The topological polar surface area (TPSA) is 35.5 Å². The van der Waals surface area contributed by atoms with Crippen LogP contribution in [-0.2, 0) is 4.74 Å². The molecule has 0 fully saturated rings. The van der Waals surface area contributed by atoms with Gasteiger partial charge in [0.05, 0.1) is 13.2 Å². The van der Waals surface area contributed by atoms with Crippen LogP contribution in [0, 0.1) is 12.7 Å². The molecule has 0 radical (unpaired) electrons. The monoisotopic (exact) mass is 226 g/mol. The van der Waals surface area contributed by atoms with Gasteiger partial charge in [0.1, 0.15) is 17.1 Å². The van der Waals surface area contributed by atoms with Crippen molar-refractivity contribution < 1.29 is 18.7 Å². The Morgan fingerprint density at radius 3 is 2.56 bits per heavy atom. The molecule has 0 aromatic heterocycles. The molecule has 0 saturated heterocycles. The minimum atomic E-state index is -0.553. The Hall–Kier alpha value is -1.58. The fraction of sp³-hybridized carbons (Fsp3) is 0.417. The third-order valence-electron chi connectivity index (χ3n) is 2.14. The van der Waals surface area contributed by atoms with Crippen molar-refractivity contribution in [1.82, 2.24) is 0 Å². The quantitative estimate of drug-likeness (QED) is 0.740. The van der Waals surface area contributed by atoms with Crippen molar-refractivity contribution in [3.8, 4) is 5.75 Å². The number of hydrogen-bond donors (Lipinski definition) is 0. The first-order valence-corrected chi connectivity index (χ1v) is 5.20. The van der Waals surface area contributed by atoms with Crippen LogP contribution in [0.3, 0.4) is 0 Å². The number of carbonyl (C=O) groups excluding carboxylic acids is 1. The van der Waals surface area contributed by atoms with Crippen LogP contribution in [0.5, 0.6) is 5.75 Å². The van der Waals surface area contributed by atoms with Gasteiger partial charge in [-0.05, 0) is 32.9 Å². The number of esters is 1. The highest BCUT2D eigenvalue weighted by Crippen LogP contribution is 2.25. The molecular formula is C12H15FO3. The summed E-state index contributed by atoms with van der Waals surface area (Å²) in [7, 11) is 0. The lowest BCUT2D eigenvalue weighted by Gasteiger charge is -2.12. The molecule has 1 aromatic carbocycles. The van der Waals surface area contributed by atoms with Crippen LogP contribution in [0.25, 0.3) is 0 Å². The normalized spacial score (nSPS) is 10.0. The molecule has 0 bridgehead atoms. The van der Waals surface area contributed by atoms with Crippen LogP contribution in [0.2, 0.25) is 0 Å². The first kappa shape index (κ1) is 12.5. The number of hydrogen-bond acceptors (Lipinski definition) is 3. The van der Waals surface area contributed by atoms with E-state index in [1.165, 1.54) is 19.1 Å². The molecule has 88 valence electrons. The Labute approximate surface area is 94.2 Å². The zero-order chi connectivity index (χ0) is 12.1. The number of carbonyl (C=O) groups is 1. The SMILES string of the molecule is CCOC(=O)c1c(OCC)ccc(F)c1C. The second kappa shape index (κ2) is 5.49. The average molecular weight is 226 g/mol. The minimum Gasteiger partial charge on any atom is -0.493 e. The zero-order valence-corrected chi connectivity index (χ0v) is 9.67. The standard InChI is InChI=1S/C12H15FO3/c1-4-15-10-7-6-9(13)8(3)11(10)12(14)16-5-2/h6-7H,4-5H2,1-3H3. The third-order valence-corrected chi connectivity index (χ3v) is 2.14. The molecule has 0 aliphatic rings. The second-order valence-electron chi connectivity index (χ2n) is 3.20. The number of rotatable bonds is 4. The highest BCUT2D eigenvalue weighted by Gasteiger charge is 2.19. The molecule has 3 nitrogen and oxygen atoms in total. The summed E-state index contributed by atoms with van der Waals surface area (Å²) >= 11 is 0. The maximum atomic E-state index is 13.3. The third kappa shape index (κ3) is 2.51. The summed E-state index contributed by atoms with van der Waals surface area (Å²) in [6.45, 7) is 5.70. The maximum absolute atomic E-state index is 13.3. The lowest BCUT2D eigenvalue weighted by Crippen LogP contribution is -2.11. The first-order chi connectivity index (χ1) is 7.61. The van der Waals surface area contributed by atoms with E-state index >= 15 is 0 Å². The van der Waals surface area contributed by atoms with Gasteiger partial charge in [-0.1, -0.05) is 0 Å². The average Bonchev–Trinajstić information content (AvgIpc) is 2.24. The van der Waals surface area contributed by atoms with Gasteiger partial charge in [0.15, 0.2) is 0 Å². The Kier molecular flexibility index (Phi) is 4.28. The smallest absolute Gasteiger partial charge is 0.342 e. The first-order valence-electron chi connectivity index (χ1n) is 5.20. The maximum Gasteiger partial charge on any atom is 0.342 e. The van der Waals surface area contributed by atoms with Crippen molar-refractivity contribution in [3.05, 3.63) is 29.1 Å². The number of benzene rings is 1. The molecule has 0 unspecified atom stereocenters. The van der Waals surface area contributed by atoms with Crippen LogP contribution in [0.4, 0.5) is 4.39 Å². The van der Waals surface area contributed by atoms with E-state index < -0.39 is 11.8 Å². The van der Waals surface area contributed by atoms with Gasteiger partial charge in [-0.15, -0.1) is 0 Å². The lowest BCUT2D eigenvalue weighted by molar-refractivity contribution is 0.0520. The summed E-state index contributed by atoms with van der Waals surface area (Å²) in [4.78, 5) is 11.6. The Morgan fingerprint density at radius 1 is 1.31 bits per heavy atom. The summed E-state index contributed by atoms with van der Waals surface area (Å²) in [6, 6.07) is 2.72. The molecule has 0 aliphatic carbocycles. The van der Waals surface area contributed by atoms with E-state index in [4.69, 9.17) is 9.47 Å². The van der Waals surface area contributed by atoms with Gasteiger partial charge in [0, 0.05) is 5.56 Å². The van der Waals surface area contributed by atoms with Crippen LogP contribution in [-0.4, -0.2) is 19.2 Å². The zero-order valence-electron chi connectivity index (χ0n) is 9.67. The molecule has 16 heavy (non-hydrogen) atoms. The van der Waals surface area contributed by atoms with Crippen LogP contribution in [0.1, 0.15) is 29.8 Å². The minimum absolute atomic E-state index is 0.170. The van der Waals surface area contributed by atoms with Crippen molar-refractivity contribution in [2.45, 2.75) is 20.8 Å². The molecule has 0 heterocycles. The van der Waals surface area contributed by atoms with E-state index in [0.717, 1.165) is 0 Å². The van der Waals surface area contributed by atoms with Crippen molar-refractivity contribution >= 4 is 5.97 Å². The Bertz CT molecular complexity index is 388. The molecule has 0 aliphatic heterocycles. The summed E-state index contributed by atoms with van der Waals surface area (Å²) in [5.74, 6) is -0.630. The molecule has 1 rings (SSSR count). The molecule has 0 saturated carbocycles. The van der Waals surface area contributed by atoms with Crippen molar-refractivity contribution in [3.63, 3.8) is 0 Å². The van der Waals surface area contributed by atoms with E-state index in [9.17, 15) is 9.18 Å². The van der Waals surface area contributed by atoms with Gasteiger partial charge in [-0.2, -0.15) is 0 Å². The highest BCUT2D eigenvalue weighted by molar-refractivity contribution is 5.94. The summed E-state index contributed by atoms with van der Waals surface area (Å²) in [5, 5.41) is 0. The fourth-order valence-corrected chi connectivity index (χ4v) is 1.39. The van der Waals surface area contributed by atoms with Gasteiger partial charge in [0.25, 0.3) is 0 Å². The van der Waals surface area contributed by atoms with Gasteiger partial charge in [0.2, 0.25) is 0 Å². The Balaban J connectivity index is 3.20. The number of ether oxygens (including phenoxy) is 2. The van der Waals surface area contributed by atoms with E-state index in [2.05, 4.69) is 0 Å². The molecular weight excluding hydrogens is 211 g/mol. The van der Waals surface area contributed by atoms with Gasteiger partial charge in [-0.3, -0.25) is 0 Å². The van der Waals surface area contributed by atoms with Crippen molar-refractivity contribution in [2.75, 3.05) is 13.2 Å². The van der Waals surface area contributed by atoms with Crippen molar-refractivity contribution in [2.24, 2.45) is 0 Å². The lowest BCUT2D eigenvalue weighted by atomic mass is 10.1. The van der Waals surface area contributed by atoms with E-state index in [0.29, 0.717) is 12.4 Å². The second-order valence-corrected chi connectivity index (χ2v) is 3.20. The summed E-state index contributed by atoms with van der Waals surface area (Å²) < 4.78 is 23.5. The summed E-state index contributed by atoms with van der Waals surface area (Å²) in [5.41, 5.74) is 0.424. The van der Waals surface area contributed by atoms with Crippen LogP contribution in [0.15, 0.2) is 12.1 Å². The predicted molar refractivity (Wildman–Crippen MR) is 58.3 cm³/mol. The van der Waals surface area contributed by atoms with Crippen molar-refractivity contribution in [1.29, 1.82) is 0 Å². The van der Waals surface area contributed by atoms with Crippen LogP contribution < -0.4 is 4.74 Å². The predicted octanol–water partition coefficient (Wildman–Crippen LogP) is 2.71.